The van der Waals surface area contributed by atoms with Crippen LogP contribution in [0.3, 0.4) is 0 Å². The standard InChI is InChI=1S/C23H28N8O2S/c1-14-13-32-11-9-30(14)18-12-16(22-15(2)26-28-29(22)3)23-21(25-18)20(27-34-23)17-7-8-24-31(17)19-6-4-5-10-33-19/h7-8,12,14,19H,4-6,9-11,13H2,1-3H3/t14-,19?/m1/s1. The smallest absolute Gasteiger partial charge is 0.150 e. The Labute approximate surface area is 201 Å². The number of ether oxygens (including phenoxy) is 2. The minimum Gasteiger partial charge on any atom is -0.377 e. The van der Waals surface area contributed by atoms with E-state index in [4.69, 9.17) is 18.8 Å². The number of pyridine rings is 1. The van der Waals surface area contributed by atoms with Crippen LogP contribution in [0.25, 0.3) is 32.9 Å². The maximum absolute atomic E-state index is 6.03. The molecule has 11 heteroatoms. The first-order chi connectivity index (χ1) is 16.6. The fraction of sp³-hybridized carbons (Fsp3) is 0.522. The van der Waals surface area contributed by atoms with E-state index in [-0.39, 0.29) is 12.3 Å². The van der Waals surface area contributed by atoms with Crippen molar-refractivity contribution in [1.29, 1.82) is 0 Å². The van der Waals surface area contributed by atoms with Gasteiger partial charge in [-0.2, -0.15) is 9.47 Å². The molecule has 34 heavy (non-hydrogen) atoms. The van der Waals surface area contributed by atoms with Gasteiger partial charge < -0.3 is 14.4 Å². The van der Waals surface area contributed by atoms with Crippen molar-refractivity contribution in [1.82, 2.24) is 34.1 Å². The van der Waals surface area contributed by atoms with E-state index in [2.05, 4.69) is 33.3 Å². The lowest BCUT2D eigenvalue weighted by Crippen LogP contribution is -2.44. The van der Waals surface area contributed by atoms with Crippen molar-refractivity contribution in [2.45, 2.75) is 45.4 Å². The third kappa shape index (κ3) is 3.58. The number of hydrogen-bond donors (Lipinski definition) is 0. The van der Waals surface area contributed by atoms with E-state index in [9.17, 15) is 0 Å². The van der Waals surface area contributed by atoms with E-state index in [1.807, 2.05) is 35.6 Å². The van der Waals surface area contributed by atoms with E-state index < -0.39 is 0 Å². The summed E-state index contributed by atoms with van der Waals surface area (Å²) in [6, 6.07) is 4.39. The highest BCUT2D eigenvalue weighted by atomic mass is 32.1. The molecule has 0 spiro atoms. The molecule has 0 aliphatic carbocycles. The van der Waals surface area contributed by atoms with E-state index in [0.29, 0.717) is 13.2 Å². The average molecular weight is 481 g/mol. The number of aryl methyl sites for hydroxylation is 2. The molecule has 2 aliphatic rings. The second-order valence-electron chi connectivity index (χ2n) is 8.98. The van der Waals surface area contributed by atoms with Crippen molar-refractivity contribution in [2.75, 3.05) is 31.3 Å². The summed E-state index contributed by atoms with van der Waals surface area (Å²) in [4.78, 5) is 7.48. The van der Waals surface area contributed by atoms with E-state index in [0.717, 1.165) is 76.8 Å². The lowest BCUT2D eigenvalue weighted by atomic mass is 10.1. The molecule has 2 saturated heterocycles. The van der Waals surface area contributed by atoms with Crippen LogP contribution in [-0.2, 0) is 16.5 Å². The molecular formula is C23H28N8O2S. The minimum atomic E-state index is -0.0686. The van der Waals surface area contributed by atoms with Crippen LogP contribution in [0.4, 0.5) is 5.82 Å². The number of morpholine rings is 1. The maximum Gasteiger partial charge on any atom is 0.150 e. The van der Waals surface area contributed by atoms with Gasteiger partial charge >= 0.3 is 0 Å². The average Bonchev–Trinajstić information content (AvgIpc) is 3.58. The van der Waals surface area contributed by atoms with Crippen LogP contribution in [-0.4, -0.2) is 66.5 Å². The Morgan fingerprint density at radius 3 is 2.88 bits per heavy atom. The molecule has 0 radical (unpaired) electrons. The summed E-state index contributed by atoms with van der Waals surface area (Å²) in [6.45, 7) is 7.08. The Morgan fingerprint density at radius 2 is 2.12 bits per heavy atom. The molecular weight excluding hydrogens is 452 g/mol. The van der Waals surface area contributed by atoms with Gasteiger partial charge in [-0.1, -0.05) is 5.21 Å². The van der Waals surface area contributed by atoms with E-state index in [1.165, 1.54) is 11.5 Å². The SMILES string of the molecule is Cc1nnn(C)c1-c1cc(N2CCOC[C@H]2C)nc2c(-c3ccnn3C3CCCCO3)nsc12. The van der Waals surface area contributed by atoms with Gasteiger partial charge in [0.2, 0.25) is 0 Å². The number of nitrogens with zero attached hydrogens (tertiary/aromatic N) is 8. The van der Waals surface area contributed by atoms with E-state index in [1.54, 1.807) is 0 Å². The van der Waals surface area contributed by atoms with Crippen molar-refractivity contribution in [2.24, 2.45) is 7.05 Å². The first-order valence-corrected chi connectivity index (χ1v) is 12.6. The molecule has 1 unspecified atom stereocenters. The maximum atomic E-state index is 6.03. The molecule has 2 fully saturated rings. The highest BCUT2D eigenvalue weighted by molar-refractivity contribution is 7.14. The molecule has 178 valence electrons. The molecule has 10 nitrogen and oxygen atoms in total. The molecule has 0 amide bonds. The van der Waals surface area contributed by atoms with Crippen LogP contribution in [0.5, 0.6) is 0 Å². The Balaban J connectivity index is 1.55. The van der Waals surface area contributed by atoms with Crippen LogP contribution in [0.2, 0.25) is 0 Å². The van der Waals surface area contributed by atoms with Crippen LogP contribution in [0, 0.1) is 6.92 Å². The molecule has 6 rings (SSSR count). The summed E-state index contributed by atoms with van der Waals surface area (Å²) in [7, 11) is 1.93. The first-order valence-electron chi connectivity index (χ1n) is 11.8. The molecule has 2 atom stereocenters. The monoisotopic (exact) mass is 480 g/mol. The van der Waals surface area contributed by atoms with Gasteiger partial charge in [0.25, 0.3) is 0 Å². The highest BCUT2D eigenvalue weighted by Crippen LogP contribution is 2.40. The Bertz CT molecular complexity index is 1300. The Morgan fingerprint density at radius 1 is 1.21 bits per heavy atom. The van der Waals surface area contributed by atoms with Crippen molar-refractivity contribution >= 4 is 27.6 Å². The largest absolute Gasteiger partial charge is 0.377 e. The Hall–Kier alpha value is -2.89. The zero-order chi connectivity index (χ0) is 23.2. The number of aromatic nitrogens is 7. The lowest BCUT2D eigenvalue weighted by molar-refractivity contribution is -0.0383. The van der Waals surface area contributed by atoms with Crippen LogP contribution < -0.4 is 4.90 Å². The lowest BCUT2D eigenvalue weighted by Gasteiger charge is -2.34. The number of anilines is 1. The number of hydrogen-bond acceptors (Lipinski definition) is 9. The summed E-state index contributed by atoms with van der Waals surface area (Å²) in [5.74, 6) is 0.917. The molecule has 0 saturated carbocycles. The summed E-state index contributed by atoms with van der Waals surface area (Å²) in [5, 5.41) is 13.2. The third-order valence-corrected chi connectivity index (χ3v) is 7.54. The van der Waals surface area contributed by atoms with Gasteiger partial charge in [0.05, 0.1) is 41.0 Å². The molecule has 0 aromatic carbocycles. The second-order valence-corrected chi connectivity index (χ2v) is 9.76. The predicted molar refractivity (Wildman–Crippen MR) is 130 cm³/mol. The quantitative estimate of drug-likeness (QED) is 0.437. The van der Waals surface area contributed by atoms with Crippen LogP contribution >= 0.6 is 11.5 Å². The van der Waals surface area contributed by atoms with Crippen molar-refractivity contribution in [3.8, 4) is 22.6 Å². The summed E-state index contributed by atoms with van der Waals surface area (Å²) in [5.41, 5.74) is 5.55. The number of rotatable bonds is 4. The van der Waals surface area contributed by atoms with Gasteiger partial charge in [-0.05, 0) is 56.8 Å². The fourth-order valence-corrected chi connectivity index (χ4v) is 5.79. The van der Waals surface area contributed by atoms with Gasteiger partial charge in [-0.15, -0.1) is 5.10 Å². The van der Waals surface area contributed by atoms with Gasteiger partial charge in [-0.25, -0.2) is 14.3 Å². The van der Waals surface area contributed by atoms with Crippen molar-refractivity contribution < 1.29 is 9.47 Å². The van der Waals surface area contributed by atoms with Gasteiger partial charge in [0.15, 0.2) is 6.23 Å². The van der Waals surface area contributed by atoms with Gasteiger partial charge in [0.1, 0.15) is 17.0 Å². The third-order valence-electron chi connectivity index (χ3n) is 6.67. The molecule has 6 heterocycles. The number of fused-ring (bicyclic) bond motifs is 1. The van der Waals surface area contributed by atoms with Crippen molar-refractivity contribution in [3.05, 3.63) is 24.0 Å². The highest BCUT2D eigenvalue weighted by Gasteiger charge is 2.27. The molecule has 4 aromatic rings. The van der Waals surface area contributed by atoms with E-state index >= 15 is 0 Å². The van der Waals surface area contributed by atoms with Gasteiger partial charge in [-0.3, -0.25) is 0 Å². The van der Waals surface area contributed by atoms with Crippen LogP contribution in [0.1, 0.15) is 38.1 Å². The molecule has 4 aromatic heterocycles. The molecule has 0 N–H and O–H groups in total. The summed E-state index contributed by atoms with van der Waals surface area (Å²) in [6.07, 6.45) is 4.93. The predicted octanol–water partition coefficient (Wildman–Crippen LogP) is 3.58. The van der Waals surface area contributed by atoms with Crippen LogP contribution in [0.15, 0.2) is 18.3 Å². The topological polar surface area (TPSA) is 96.0 Å². The first kappa shape index (κ1) is 21.6. The zero-order valence-corrected chi connectivity index (χ0v) is 20.5. The minimum absolute atomic E-state index is 0.0686. The summed E-state index contributed by atoms with van der Waals surface area (Å²) < 4.78 is 21.4. The van der Waals surface area contributed by atoms with Crippen molar-refractivity contribution in [3.63, 3.8) is 0 Å². The Kier molecular flexibility index (Phi) is 5.54. The zero-order valence-electron chi connectivity index (χ0n) is 19.6. The normalized spacial score (nSPS) is 21.4. The fourth-order valence-electron chi connectivity index (χ4n) is 4.94. The molecule has 0 bridgehead atoms. The molecule has 2 aliphatic heterocycles. The summed E-state index contributed by atoms with van der Waals surface area (Å²) >= 11 is 1.46. The van der Waals surface area contributed by atoms with Gasteiger partial charge in [0, 0.05) is 32.0 Å². The second kappa shape index (κ2) is 8.71.